The second kappa shape index (κ2) is 7.24. The van der Waals surface area contributed by atoms with Crippen LogP contribution in [0.25, 0.3) is 0 Å². The summed E-state index contributed by atoms with van der Waals surface area (Å²) in [6, 6.07) is 7.97. The number of aliphatic hydroxyl groups excluding tert-OH is 1. The molecule has 1 amide bonds. The quantitative estimate of drug-likeness (QED) is 0.759. The summed E-state index contributed by atoms with van der Waals surface area (Å²) in [5.41, 5.74) is 0.962. The van der Waals surface area contributed by atoms with Crippen LogP contribution in [0.15, 0.2) is 35.3 Å². The molecule has 1 heterocycles. The molecule has 112 valence electrons. The van der Waals surface area contributed by atoms with E-state index in [2.05, 4.69) is 15.0 Å². The fraction of sp³-hybridized carbons (Fsp3) is 0.357. The number of hydrogen-bond acceptors (Lipinski definition) is 6. The summed E-state index contributed by atoms with van der Waals surface area (Å²) >= 11 is 1.49. The molecule has 0 saturated heterocycles. The van der Waals surface area contributed by atoms with Crippen molar-refractivity contribution in [2.75, 3.05) is 19.5 Å². The van der Waals surface area contributed by atoms with Crippen LogP contribution in [0.3, 0.4) is 0 Å². The van der Waals surface area contributed by atoms with Gasteiger partial charge in [-0.2, -0.15) is 0 Å². The third kappa shape index (κ3) is 3.83. The molecule has 2 N–H and O–H groups in total. The zero-order valence-electron chi connectivity index (χ0n) is 11.5. The largest absolute Gasteiger partial charge is 0.467 e. The molecule has 1 aromatic carbocycles. The summed E-state index contributed by atoms with van der Waals surface area (Å²) in [6.07, 6.45) is 0. The van der Waals surface area contributed by atoms with Gasteiger partial charge in [-0.3, -0.25) is 9.79 Å². The van der Waals surface area contributed by atoms with Gasteiger partial charge in [-0.15, -0.1) is 11.8 Å². The molecule has 1 aliphatic heterocycles. The van der Waals surface area contributed by atoms with E-state index < -0.39 is 30.6 Å². The maximum Gasteiger partial charge on any atom is 0.330 e. The number of methoxy groups -OCH3 is 1. The van der Waals surface area contributed by atoms with E-state index in [1.165, 1.54) is 18.9 Å². The summed E-state index contributed by atoms with van der Waals surface area (Å²) in [5.74, 6) is -0.559. The molecule has 0 spiro atoms. The summed E-state index contributed by atoms with van der Waals surface area (Å²) in [5, 5.41) is 12.3. The molecule has 0 bridgehead atoms. The van der Waals surface area contributed by atoms with Crippen LogP contribution >= 0.6 is 11.8 Å². The third-order valence-electron chi connectivity index (χ3n) is 2.96. The number of nitrogens with one attached hydrogen (secondary N) is 1. The molecule has 1 aliphatic rings. The van der Waals surface area contributed by atoms with Crippen LogP contribution in [0.5, 0.6) is 0 Å². The molecule has 1 aromatic rings. The number of amides is 1. The standard InChI is InChI=1S/C14H16N2O4S/c1-20-14(19)10(7-17)15-12(18)11-8-21-13(16-11)9-5-3-2-4-6-9/h2-6,10-11,17H,7-8H2,1H3,(H,15,18). The Morgan fingerprint density at radius 1 is 1.48 bits per heavy atom. The average Bonchev–Trinajstić information content (AvgIpc) is 3.02. The second-order valence-corrected chi connectivity index (χ2v) is 5.40. The fourth-order valence-electron chi connectivity index (χ4n) is 1.84. The van der Waals surface area contributed by atoms with Gasteiger partial charge in [0.25, 0.3) is 0 Å². The number of rotatable bonds is 5. The average molecular weight is 308 g/mol. The van der Waals surface area contributed by atoms with E-state index in [1.54, 1.807) is 0 Å². The van der Waals surface area contributed by atoms with Crippen molar-refractivity contribution in [2.45, 2.75) is 12.1 Å². The van der Waals surface area contributed by atoms with Crippen LogP contribution in [0, 0.1) is 0 Å². The topological polar surface area (TPSA) is 88.0 Å². The van der Waals surface area contributed by atoms with Gasteiger partial charge in [-0.05, 0) is 0 Å². The minimum atomic E-state index is -1.05. The van der Waals surface area contributed by atoms with Crippen molar-refractivity contribution < 1.29 is 19.4 Å². The van der Waals surface area contributed by atoms with Gasteiger partial charge < -0.3 is 15.2 Å². The smallest absolute Gasteiger partial charge is 0.330 e. The third-order valence-corrected chi connectivity index (χ3v) is 4.06. The predicted octanol–water partition coefficient (Wildman–Crippen LogP) is 0.199. The monoisotopic (exact) mass is 308 g/mol. The summed E-state index contributed by atoms with van der Waals surface area (Å²) in [7, 11) is 1.20. The number of aliphatic hydroxyl groups is 1. The number of esters is 1. The van der Waals surface area contributed by atoms with Crippen molar-refractivity contribution in [3.63, 3.8) is 0 Å². The fourth-order valence-corrected chi connectivity index (χ4v) is 2.88. The Kier molecular flexibility index (Phi) is 5.35. The highest BCUT2D eigenvalue weighted by atomic mass is 32.2. The Balaban J connectivity index is 2.01. The van der Waals surface area contributed by atoms with Gasteiger partial charge >= 0.3 is 5.97 Å². The van der Waals surface area contributed by atoms with Crippen molar-refractivity contribution in [3.05, 3.63) is 35.9 Å². The Labute approximate surface area is 126 Å². The minimum absolute atomic E-state index is 0.391. The van der Waals surface area contributed by atoms with Gasteiger partial charge in [0.05, 0.1) is 18.8 Å². The van der Waals surface area contributed by atoms with E-state index in [0.717, 1.165) is 10.6 Å². The normalized spacial score (nSPS) is 18.8. The minimum Gasteiger partial charge on any atom is -0.467 e. The van der Waals surface area contributed by atoms with E-state index >= 15 is 0 Å². The zero-order chi connectivity index (χ0) is 15.2. The first kappa shape index (κ1) is 15.5. The van der Waals surface area contributed by atoms with E-state index in [4.69, 9.17) is 5.11 Å². The number of benzene rings is 1. The highest BCUT2D eigenvalue weighted by Crippen LogP contribution is 2.23. The maximum absolute atomic E-state index is 12.1. The molecule has 6 nitrogen and oxygen atoms in total. The van der Waals surface area contributed by atoms with Crippen molar-refractivity contribution in [2.24, 2.45) is 4.99 Å². The molecule has 0 fully saturated rings. The summed E-state index contributed by atoms with van der Waals surface area (Å²) in [4.78, 5) is 27.8. The lowest BCUT2D eigenvalue weighted by atomic mass is 10.2. The van der Waals surface area contributed by atoms with Crippen LogP contribution in [0.4, 0.5) is 0 Å². The number of carbonyl (C=O) groups is 2. The first-order chi connectivity index (χ1) is 10.2. The van der Waals surface area contributed by atoms with E-state index in [9.17, 15) is 9.59 Å². The van der Waals surface area contributed by atoms with Crippen molar-refractivity contribution in [1.29, 1.82) is 0 Å². The van der Waals surface area contributed by atoms with Crippen LogP contribution in [-0.4, -0.2) is 53.6 Å². The van der Waals surface area contributed by atoms with Crippen molar-refractivity contribution in [3.8, 4) is 0 Å². The van der Waals surface area contributed by atoms with Crippen LogP contribution < -0.4 is 5.32 Å². The lowest BCUT2D eigenvalue weighted by Crippen LogP contribution is -2.47. The zero-order valence-corrected chi connectivity index (χ0v) is 12.3. The highest BCUT2D eigenvalue weighted by molar-refractivity contribution is 8.14. The van der Waals surface area contributed by atoms with Gasteiger partial charge in [0, 0.05) is 11.3 Å². The second-order valence-electron chi connectivity index (χ2n) is 4.39. The van der Waals surface area contributed by atoms with Gasteiger partial charge in [0.1, 0.15) is 6.04 Å². The van der Waals surface area contributed by atoms with E-state index in [1.807, 2.05) is 30.3 Å². The number of hydrogen-bond donors (Lipinski definition) is 2. The molecule has 2 atom stereocenters. The molecule has 0 aliphatic carbocycles. The Hall–Kier alpha value is -1.86. The molecular formula is C14H16N2O4S. The van der Waals surface area contributed by atoms with Gasteiger partial charge in [-0.25, -0.2) is 4.79 Å². The predicted molar refractivity (Wildman–Crippen MR) is 80.3 cm³/mol. The number of thioether (sulfide) groups is 1. The van der Waals surface area contributed by atoms with Crippen LogP contribution in [-0.2, 0) is 14.3 Å². The van der Waals surface area contributed by atoms with Crippen LogP contribution in [0.2, 0.25) is 0 Å². The molecule has 21 heavy (non-hydrogen) atoms. The van der Waals surface area contributed by atoms with Crippen LogP contribution in [0.1, 0.15) is 5.56 Å². The van der Waals surface area contributed by atoms with E-state index in [0.29, 0.717) is 5.75 Å². The molecule has 2 rings (SSSR count). The van der Waals surface area contributed by atoms with E-state index in [-0.39, 0.29) is 0 Å². The highest BCUT2D eigenvalue weighted by Gasteiger charge is 2.29. The maximum atomic E-state index is 12.1. The first-order valence-corrected chi connectivity index (χ1v) is 7.39. The number of carbonyl (C=O) groups excluding carboxylic acids is 2. The molecule has 0 aromatic heterocycles. The number of ether oxygens (including phenoxy) is 1. The molecule has 2 unspecified atom stereocenters. The summed E-state index contributed by atoms with van der Waals surface area (Å²) in [6.45, 7) is -0.506. The Morgan fingerprint density at radius 2 is 2.19 bits per heavy atom. The SMILES string of the molecule is COC(=O)C(CO)NC(=O)C1CSC(c2ccccc2)=N1. The lowest BCUT2D eigenvalue weighted by molar-refractivity contribution is -0.146. The summed E-state index contributed by atoms with van der Waals surface area (Å²) < 4.78 is 4.50. The van der Waals surface area contributed by atoms with Crippen molar-refractivity contribution in [1.82, 2.24) is 5.32 Å². The first-order valence-electron chi connectivity index (χ1n) is 6.40. The Morgan fingerprint density at radius 3 is 2.81 bits per heavy atom. The van der Waals surface area contributed by atoms with Crippen molar-refractivity contribution >= 4 is 28.7 Å². The molecule has 0 saturated carbocycles. The van der Waals surface area contributed by atoms with Gasteiger partial charge in [-0.1, -0.05) is 30.3 Å². The Bertz CT molecular complexity index is 547. The number of nitrogens with zero attached hydrogens (tertiary/aromatic N) is 1. The van der Waals surface area contributed by atoms with Gasteiger partial charge in [0.15, 0.2) is 6.04 Å². The number of aliphatic imine (C=N–C) groups is 1. The lowest BCUT2D eigenvalue weighted by Gasteiger charge is -2.15. The molecular weight excluding hydrogens is 292 g/mol. The van der Waals surface area contributed by atoms with Gasteiger partial charge in [0.2, 0.25) is 5.91 Å². The molecule has 7 heteroatoms. The molecule has 0 radical (unpaired) electrons.